The third-order valence-electron chi connectivity index (χ3n) is 3.36. The number of ether oxygens (including phenoxy) is 2. The van der Waals surface area contributed by atoms with E-state index in [9.17, 15) is 14.8 Å². The van der Waals surface area contributed by atoms with Gasteiger partial charge in [-0.2, -0.15) is 0 Å². The van der Waals surface area contributed by atoms with Gasteiger partial charge in [-0.05, 0) is 0 Å². The third kappa shape index (κ3) is 3.48. The summed E-state index contributed by atoms with van der Waals surface area (Å²) in [5.41, 5.74) is 5.97. The van der Waals surface area contributed by atoms with Gasteiger partial charge in [0.25, 0.3) is 5.91 Å². The number of hydrogen-bond donors (Lipinski definition) is 5. The van der Waals surface area contributed by atoms with E-state index in [-0.39, 0.29) is 53.1 Å². The van der Waals surface area contributed by atoms with Crippen LogP contribution in [0.3, 0.4) is 0 Å². The average molecular weight is 370 g/mol. The van der Waals surface area contributed by atoms with E-state index in [4.69, 9.17) is 25.0 Å². The number of nitrogen functional groups attached to an aromatic ring is 1. The number of aliphatic hydroxyl groups is 2. The predicted molar refractivity (Wildman–Crippen MR) is 79.4 cm³/mol. The molecule has 1 unspecified atom stereocenters. The minimum atomic E-state index is -4.42. The van der Waals surface area contributed by atoms with Gasteiger partial charge in [0.2, 0.25) is 0 Å². The van der Waals surface area contributed by atoms with Crippen LogP contribution in [0.4, 0.5) is 5.82 Å². The largest absolute Gasteiger partial charge is 0.382 e. The quantitative estimate of drug-likeness (QED) is 0.284. The molecule has 3 atom stereocenters. The number of nitrogens with zero attached hydrogens (tertiary/aromatic N) is 4. The van der Waals surface area contributed by atoms with Gasteiger partial charge in [-0.3, -0.25) is 9.13 Å². The molecule has 0 aromatic carbocycles. The minimum absolute atomic E-state index is 0. The molecule has 1 aliphatic rings. The summed E-state index contributed by atoms with van der Waals surface area (Å²) in [4.78, 5) is 29.2. The number of aromatic nitrogens is 4. The Kier molecular flexibility index (Phi) is 5.67. The molecule has 2 aromatic rings. The maximum Gasteiger partial charge on any atom is 0.350 e. The number of rotatable bonds is 4. The Balaban J connectivity index is 0.00000208. The normalized spacial score (nSPS) is 27.3. The molecule has 0 aliphatic carbocycles. The Labute approximate surface area is 157 Å². The Morgan fingerprint density at radius 1 is 1.46 bits per heavy atom. The Bertz CT molecular complexity index is 784. The van der Waals surface area contributed by atoms with Gasteiger partial charge >= 0.3 is 7.60 Å². The summed E-state index contributed by atoms with van der Waals surface area (Å²) in [6.45, 7) is -0.294. The van der Waals surface area contributed by atoms with Gasteiger partial charge < -0.3 is 35.2 Å². The molecule has 3 rings (SSSR count). The molecule has 6 N–H and O–H groups in total. The summed E-state index contributed by atoms with van der Waals surface area (Å²) < 4.78 is 22.0. The summed E-state index contributed by atoms with van der Waals surface area (Å²) in [5.74, 6) is -2.19. The number of fused-ring (bicyclic) bond motifs is 1. The Morgan fingerprint density at radius 3 is 2.83 bits per heavy atom. The van der Waals surface area contributed by atoms with Gasteiger partial charge in [-0.25, -0.2) is 15.0 Å². The van der Waals surface area contributed by atoms with Crippen molar-refractivity contribution in [3.63, 3.8) is 0 Å². The molecule has 1 radical (unpaired) electrons. The van der Waals surface area contributed by atoms with Crippen LogP contribution < -0.4 is 5.73 Å². The predicted octanol–water partition coefficient (Wildman–Crippen LogP) is -2.46. The van der Waals surface area contributed by atoms with E-state index in [0.717, 1.165) is 17.2 Å². The third-order valence-corrected chi connectivity index (χ3v) is 3.85. The molecule has 14 heteroatoms. The van der Waals surface area contributed by atoms with Crippen LogP contribution in [0.5, 0.6) is 0 Å². The van der Waals surface area contributed by atoms with Crippen LogP contribution in [-0.4, -0.2) is 94.2 Å². The van der Waals surface area contributed by atoms with Gasteiger partial charge in [-0.1, -0.05) is 0 Å². The number of aliphatic hydroxyl groups excluding tert-OH is 1. The Hall–Kier alpha value is -0.660. The average Bonchev–Trinajstić information content (AvgIpc) is 3.01. The van der Waals surface area contributed by atoms with Crippen LogP contribution in [0, 0.1) is 0 Å². The van der Waals surface area contributed by atoms with Crippen molar-refractivity contribution in [1.82, 2.24) is 19.5 Å². The van der Waals surface area contributed by atoms with Crippen molar-refractivity contribution in [2.75, 3.05) is 18.7 Å². The molecular formula is C10H14N5NaO7P. The molecule has 0 amide bonds. The number of nitrogens with two attached hydrogens (primary N) is 1. The summed E-state index contributed by atoms with van der Waals surface area (Å²) >= 11 is 0. The van der Waals surface area contributed by atoms with Crippen LogP contribution in [0.1, 0.15) is 0 Å². The number of imidazole rings is 1. The summed E-state index contributed by atoms with van der Waals surface area (Å²) in [7, 11) is -4.42. The second-order valence-electron chi connectivity index (χ2n) is 4.96. The molecule has 0 saturated carbocycles. The van der Waals surface area contributed by atoms with Gasteiger partial charge in [0, 0.05) is 29.6 Å². The second kappa shape index (κ2) is 6.92. The van der Waals surface area contributed by atoms with Crippen LogP contribution in [0.2, 0.25) is 0 Å². The summed E-state index contributed by atoms with van der Waals surface area (Å²) in [5, 5.41) is 20.8. The molecular weight excluding hydrogens is 356 g/mol. The van der Waals surface area contributed by atoms with E-state index < -0.39 is 32.1 Å². The first-order chi connectivity index (χ1) is 10.7. The fourth-order valence-corrected chi connectivity index (χ4v) is 2.64. The van der Waals surface area contributed by atoms with Crippen molar-refractivity contribution >= 4 is 54.1 Å². The van der Waals surface area contributed by atoms with Gasteiger partial charge in [0.05, 0.1) is 6.61 Å². The van der Waals surface area contributed by atoms with Crippen molar-refractivity contribution in [2.45, 2.75) is 18.1 Å². The number of hydrogen-bond acceptors (Lipinski definition) is 9. The zero-order valence-corrected chi connectivity index (χ0v) is 15.4. The fraction of sp³-hybridized carbons (Fsp3) is 0.500. The van der Waals surface area contributed by atoms with E-state index in [1.807, 2.05) is 0 Å². The van der Waals surface area contributed by atoms with Crippen LogP contribution in [-0.2, 0) is 19.9 Å². The first-order valence-corrected chi connectivity index (χ1v) is 8.17. The van der Waals surface area contributed by atoms with Gasteiger partial charge in [-0.15, -0.1) is 0 Å². The molecule has 1 saturated heterocycles. The SMILES string of the molecule is Nc1ncnc2c1ncn2C1(O)OC[C@H](OCP(=O)(O)O)[C@H]1O.[Na]. The monoisotopic (exact) mass is 370 g/mol. The molecule has 3 heterocycles. The van der Waals surface area contributed by atoms with Crippen molar-refractivity contribution in [2.24, 2.45) is 0 Å². The molecule has 24 heavy (non-hydrogen) atoms. The summed E-state index contributed by atoms with van der Waals surface area (Å²) in [6, 6.07) is 0. The first-order valence-electron chi connectivity index (χ1n) is 6.37. The van der Waals surface area contributed by atoms with E-state index in [0.29, 0.717) is 0 Å². The molecule has 0 bridgehead atoms. The van der Waals surface area contributed by atoms with Crippen LogP contribution in [0.25, 0.3) is 11.2 Å². The van der Waals surface area contributed by atoms with Crippen LogP contribution in [0.15, 0.2) is 12.7 Å². The maximum atomic E-state index is 10.8. The zero-order chi connectivity index (χ0) is 16.8. The van der Waals surface area contributed by atoms with E-state index in [1.54, 1.807) is 0 Å². The van der Waals surface area contributed by atoms with Gasteiger partial charge in [0.15, 0.2) is 17.6 Å². The minimum Gasteiger partial charge on any atom is -0.382 e. The smallest absolute Gasteiger partial charge is 0.350 e. The van der Waals surface area contributed by atoms with E-state index in [2.05, 4.69) is 15.0 Å². The molecule has 1 fully saturated rings. The molecule has 0 spiro atoms. The van der Waals surface area contributed by atoms with Crippen molar-refractivity contribution < 1.29 is 34.0 Å². The Morgan fingerprint density at radius 2 is 2.17 bits per heavy atom. The van der Waals surface area contributed by atoms with E-state index >= 15 is 0 Å². The summed E-state index contributed by atoms with van der Waals surface area (Å²) in [6.07, 6.45) is -1.38. The number of anilines is 1. The fourth-order valence-electron chi connectivity index (χ4n) is 2.25. The standard InChI is InChI=1S/C10H14N5O7P.Na/c11-8-6-9(13-2-12-8)15(3-14-6)10(17)7(16)5(1-22-10)21-4-23(18,19)20;/h2-3,5,7,16-17H,1,4H2,(H2,11,12,13)(H2,18,19,20);/t5-,7+,10?;/m0./s1. The second-order valence-corrected chi connectivity index (χ2v) is 6.55. The molecule has 2 aromatic heterocycles. The molecule has 1 aliphatic heterocycles. The maximum absolute atomic E-state index is 10.8. The molecule has 127 valence electrons. The first kappa shape index (κ1) is 19.7. The topological polar surface area (TPSA) is 186 Å². The van der Waals surface area contributed by atoms with E-state index in [1.165, 1.54) is 0 Å². The molecule has 12 nitrogen and oxygen atoms in total. The van der Waals surface area contributed by atoms with Gasteiger partial charge in [0.1, 0.15) is 30.6 Å². The van der Waals surface area contributed by atoms with Crippen molar-refractivity contribution in [3.8, 4) is 0 Å². The zero-order valence-electron chi connectivity index (χ0n) is 12.6. The van der Waals surface area contributed by atoms with Crippen molar-refractivity contribution in [3.05, 3.63) is 12.7 Å². The van der Waals surface area contributed by atoms with Crippen molar-refractivity contribution in [1.29, 1.82) is 0 Å². The van der Waals surface area contributed by atoms with Crippen LogP contribution >= 0.6 is 7.60 Å².